The van der Waals surface area contributed by atoms with Crippen LogP contribution in [0.15, 0.2) is 18.2 Å². The Balaban J connectivity index is 1.95. The van der Waals surface area contributed by atoms with Gasteiger partial charge in [-0.3, -0.25) is 0 Å². The van der Waals surface area contributed by atoms with Gasteiger partial charge in [-0.15, -0.1) is 0 Å². The highest BCUT2D eigenvalue weighted by Gasteiger charge is 2.25. The summed E-state index contributed by atoms with van der Waals surface area (Å²) in [6, 6.07) is 5.97. The first-order valence-corrected chi connectivity index (χ1v) is 7.34. The minimum Gasteiger partial charge on any atom is -0.497 e. The summed E-state index contributed by atoms with van der Waals surface area (Å²) < 4.78 is 11.3. The van der Waals surface area contributed by atoms with Crippen molar-refractivity contribution in [1.29, 1.82) is 0 Å². The predicted molar refractivity (Wildman–Crippen MR) is 77.7 cm³/mol. The molecule has 0 aliphatic carbocycles. The topological polar surface area (TPSA) is 44.5 Å². The summed E-state index contributed by atoms with van der Waals surface area (Å²) in [6.45, 7) is 2.23. The molecule has 1 unspecified atom stereocenters. The SMILES string of the molecule is CCCCCCC1C[C@@H](N)c2cc(OC)ccc2O1. The molecule has 1 aliphatic rings. The second kappa shape index (κ2) is 6.80. The van der Waals surface area contributed by atoms with Crippen molar-refractivity contribution < 1.29 is 9.47 Å². The van der Waals surface area contributed by atoms with Gasteiger partial charge in [0.2, 0.25) is 0 Å². The molecule has 3 nitrogen and oxygen atoms in total. The van der Waals surface area contributed by atoms with Gasteiger partial charge < -0.3 is 15.2 Å². The Morgan fingerprint density at radius 2 is 2.16 bits per heavy atom. The smallest absolute Gasteiger partial charge is 0.124 e. The fourth-order valence-electron chi connectivity index (χ4n) is 2.66. The van der Waals surface area contributed by atoms with Crippen LogP contribution in [-0.4, -0.2) is 13.2 Å². The van der Waals surface area contributed by atoms with Crippen LogP contribution in [0, 0.1) is 0 Å². The molecule has 0 bridgehead atoms. The molecule has 2 rings (SSSR count). The molecular weight excluding hydrogens is 238 g/mol. The van der Waals surface area contributed by atoms with Crippen molar-refractivity contribution >= 4 is 0 Å². The van der Waals surface area contributed by atoms with Crippen LogP contribution in [-0.2, 0) is 0 Å². The number of rotatable bonds is 6. The van der Waals surface area contributed by atoms with E-state index in [1.54, 1.807) is 7.11 Å². The molecule has 0 aromatic heterocycles. The van der Waals surface area contributed by atoms with Crippen molar-refractivity contribution in [2.75, 3.05) is 7.11 Å². The van der Waals surface area contributed by atoms with Crippen molar-refractivity contribution in [2.45, 2.75) is 57.6 Å². The van der Waals surface area contributed by atoms with Crippen molar-refractivity contribution in [2.24, 2.45) is 5.73 Å². The fourth-order valence-corrected chi connectivity index (χ4v) is 2.66. The molecule has 0 amide bonds. The van der Waals surface area contributed by atoms with Crippen molar-refractivity contribution in [3.05, 3.63) is 23.8 Å². The van der Waals surface area contributed by atoms with Gasteiger partial charge in [-0.05, 0) is 31.0 Å². The highest BCUT2D eigenvalue weighted by atomic mass is 16.5. The normalized spacial score (nSPS) is 21.6. The molecule has 0 saturated heterocycles. The first-order chi connectivity index (χ1) is 9.24. The zero-order chi connectivity index (χ0) is 13.7. The second-order valence-corrected chi connectivity index (χ2v) is 5.34. The summed E-state index contributed by atoms with van der Waals surface area (Å²) >= 11 is 0. The molecule has 2 N–H and O–H groups in total. The van der Waals surface area contributed by atoms with Crippen molar-refractivity contribution in [3.8, 4) is 11.5 Å². The number of benzene rings is 1. The average molecular weight is 263 g/mol. The van der Waals surface area contributed by atoms with Crippen LogP contribution in [0.3, 0.4) is 0 Å². The van der Waals surface area contributed by atoms with E-state index in [9.17, 15) is 0 Å². The Hall–Kier alpha value is -1.22. The summed E-state index contributed by atoms with van der Waals surface area (Å²) in [6.07, 6.45) is 7.40. The van der Waals surface area contributed by atoms with E-state index in [1.807, 2.05) is 18.2 Å². The number of hydrogen-bond donors (Lipinski definition) is 1. The summed E-state index contributed by atoms with van der Waals surface area (Å²) in [7, 11) is 1.67. The van der Waals surface area contributed by atoms with Gasteiger partial charge in [0, 0.05) is 18.0 Å². The van der Waals surface area contributed by atoms with Gasteiger partial charge in [0.05, 0.1) is 7.11 Å². The van der Waals surface area contributed by atoms with Gasteiger partial charge in [0.25, 0.3) is 0 Å². The molecule has 0 radical (unpaired) electrons. The molecule has 1 aromatic carbocycles. The highest BCUT2D eigenvalue weighted by Crippen LogP contribution is 2.37. The Morgan fingerprint density at radius 3 is 2.89 bits per heavy atom. The lowest BCUT2D eigenvalue weighted by atomic mass is 9.94. The molecule has 3 heteroatoms. The molecule has 1 aliphatic heterocycles. The lowest BCUT2D eigenvalue weighted by Gasteiger charge is -2.30. The van der Waals surface area contributed by atoms with Gasteiger partial charge in [-0.2, -0.15) is 0 Å². The highest BCUT2D eigenvalue weighted by molar-refractivity contribution is 5.43. The quantitative estimate of drug-likeness (QED) is 0.794. The van der Waals surface area contributed by atoms with Crippen LogP contribution in [0.1, 0.15) is 57.1 Å². The van der Waals surface area contributed by atoms with E-state index in [1.165, 1.54) is 25.7 Å². The Labute approximate surface area is 116 Å². The minimum atomic E-state index is 0.0648. The van der Waals surface area contributed by atoms with E-state index in [0.717, 1.165) is 29.9 Å². The van der Waals surface area contributed by atoms with Crippen LogP contribution < -0.4 is 15.2 Å². The second-order valence-electron chi connectivity index (χ2n) is 5.34. The van der Waals surface area contributed by atoms with E-state index < -0.39 is 0 Å². The van der Waals surface area contributed by atoms with Crippen LogP contribution in [0.2, 0.25) is 0 Å². The van der Waals surface area contributed by atoms with Gasteiger partial charge in [0.1, 0.15) is 17.6 Å². The maximum atomic E-state index is 6.26. The molecule has 106 valence electrons. The zero-order valence-electron chi connectivity index (χ0n) is 12.0. The summed E-state index contributed by atoms with van der Waals surface area (Å²) in [4.78, 5) is 0. The molecule has 1 heterocycles. The Morgan fingerprint density at radius 1 is 1.32 bits per heavy atom. The van der Waals surface area contributed by atoms with Crippen LogP contribution in [0.5, 0.6) is 11.5 Å². The van der Waals surface area contributed by atoms with Crippen LogP contribution in [0.25, 0.3) is 0 Å². The lowest BCUT2D eigenvalue weighted by molar-refractivity contribution is 0.146. The van der Waals surface area contributed by atoms with Gasteiger partial charge in [-0.25, -0.2) is 0 Å². The summed E-state index contributed by atoms with van der Waals surface area (Å²) in [5, 5.41) is 0. The third kappa shape index (κ3) is 3.63. The molecule has 0 spiro atoms. The van der Waals surface area contributed by atoms with Crippen molar-refractivity contribution in [3.63, 3.8) is 0 Å². The molecular formula is C16H25NO2. The van der Waals surface area contributed by atoms with Gasteiger partial charge >= 0.3 is 0 Å². The van der Waals surface area contributed by atoms with Crippen LogP contribution in [0.4, 0.5) is 0 Å². The van der Waals surface area contributed by atoms with Gasteiger partial charge in [-0.1, -0.05) is 26.2 Å². The Kier molecular flexibility index (Phi) is 5.08. The summed E-state index contributed by atoms with van der Waals surface area (Å²) in [5.41, 5.74) is 7.33. The van der Waals surface area contributed by atoms with E-state index in [-0.39, 0.29) is 12.1 Å². The molecule has 0 saturated carbocycles. The largest absolute Gasteiger partial charge is 0.497 e. The number of fused-ring (bicyclic) bond motifs is 1. The number of methoxy groups -OCH3 is 1. The van der Waals surface area contributed by atoms with Crippen LogP contribution >= 0.6 is 0 Å². The molecule has 1 aromatic rings. The molecule has 0 fully saturated rings. The first-order valence-electron chi connectivity index (χ1n) is 7.34. The lowest BCUT2D eigenvalue weighted by Crippen LogP contribution is -2.29. The van der Waals surface area contributed by atoms with E-state index in [2.05, 4.69) is 6.92 Å². The third-order valence-corrected chi connectivity index (χ3v) is 3.81. The summed E-state index contributed by atoms with van der Waals surface area (Å²) in [5.74, 6) is 1.78. The minimum absolute atomic E-state index is 0.0648. The maximum absolute atomic E-state index is 6.26. The average Bonchev–Trinajstić information content (AvgIpc) is 2.43. The monoisotopic (exact) mass is 263 g/mol. The standard InChI is InChI=1S/C16H25NO2/c1-3-4-5-6-7-13-11-15(17)14-10-12(18-2)8-9-16(14)19-13/h8-10,13,15H,3-7,11,17H2,1-2H3/t13?,15-/m1/s1. The van der Waals surface area contributed by atoms with Gasteiger partial charge in [0.15, 0.2) is 0 Å². The number of hydrogen-bond acceptors (Lipinski definition) is 3. The maximum Gasteiger partial charge on any atom is 0.124 e. The number of nitrogens with two attached hydrogens (primary N) is 1. The first kappa shape index (κ1) is 14.2. The molecule has 19 heavy (non-hydrogen) atoms. The fraction of sp³-hybridized carbons (Fsp3) is 0.625. The Bertz CT molecular complexity index is 406. The third-order valence-electron chi connectivity index (χ3n) is 3.81. The predicted octanol–water partition coefficient (Wildman–Crippen LogP) is 3.82. The van der Waals surface area contributed by atoms with E-state index in [4.69, 9.17) is 15.2 Å². The zero-order valence-corrected chi connectivity index (χ0v) is 12.0. The number of ether oxygens (including phenoxy) is 2. The number of unbranched alkanes of at least 4 members (excludes halogenated alkanes) is 3. The van der Waals surface area contributed by atoms with E-state index in [0.29, 0.717) is 0 Å². The molecule has 2 atom stereocenters. The van der Waals surface area contributed by atoms with E-state index >= 15 is 0 Å². The van der Waals surface area contributed by atoms with Crippen molar-refractivity contribution in [1.82, 2.24) is 0 Å².